The number of aliphatic hydroxyl groups excluding tert-OH is 1. The third-order valence-electron chi connectivity index (χ3n) is 6.02. The van der Waals surface area contributed by atoms with Crippen LogP contribution in [0, 0.1) is 0 Å². The molecule has 2 N–H and O–H groups in total. The smallest absolute Gasteiger partial charge is 0.252 e. The molecule has 1 atom stereocenters. The second kappa shape index (κ2) is 10.2. The maximum Gasteiger partial charge on any atom is 0.252 e. The average Bonchev–Trinajstić information content (AvgIpc) is 3.26. The fourth-order valence-electron chi connectivity index (χ4n) is 3.88. The van der Waals surface area contributed by atoms with E-state index in [9.17, 15) is 9.90 Å². The number of ether oxygens (including phenoxy) is 1. The van der Waals surface area contributed by atoms with Crippen molar-refractivity contribution in [2.75, 3.05) is 19.8 Å². The molecule has 0 amide bonds. The minimum atomic E-state index is -0.243. The third-order valence-corrected chi connectivity index (χ3v) is 6.02. The van der Waals surface area contributed by atoms with E-state index in [2.05, 4.69) is 53.1 Å². The minimum absolute atomic E-state index is 0.0325. The largest absolute Gasteiger partial charge is 0.494 e. The Labute approximate surface area is 188 Å². The highest BCUT2D eigenvalue weighted by Gasteiger charge is 2.30. The van der Waals surface area contributed by atoms with Gasteiger partial charge in [0.05, 0.1) is 24.8 Å². The summed E-state index contributed by atoms with van der Waals surface area (Å²) < 4.78 is 7.47. The van der Waals surface area contributed by atoms with Crippen LogP contribution in [0.4, 0.5) is 0 Å². The number of pyridine rings is 1. The van der Waals surface area contributed by atoms with Crippen molar-refractivity contribution in [3.63, 3.8) is 0 Å². The summed E-state index contributed by atoms with van der Waals surface area (Å²) >= 11 is 0. The van der Waals surface area contributed by atoms with Gasteiger partial charge in [-0.15, -0.1) is 5.10 Å². The topological polar surface area (TPSA) is 109 Å². The zero-order chi connectivity index (χ0) is 23.3. The van der Waals surface area contributed by atoms with E-state index in [0.29, 0.717) is 25.3 Å². The Morgan fingerprint density at radius 2 is 2.03 bits per heavy atom. The zero-order valence-electron chi connectivity index (χ0n) is 19.6. The molecule has 2 heterocycles. The van der Waals surface area contributed by atoms with Crippen molar-refractivity contribution in [1.29, 1.82) is 0 Å². The van der Waals surface area contributed by atoms with E-state index in [-0.39, 0.29) is 23.7 Å². The van der Waals surface area contributed by atoms with Gasteiger partial charge in [-0.2, -0.15) is 0 Å². The summed E-state index contributed by atoms with van der Waals surface area (Å²) in [6.07, 6.45) is 1.61. The van der Waals surface area contributed by atoms with E-state index in [1.54, 1.807) is 0 Å². The van der Waals surface area contributed by atoms with Crippen molar-refractivity contribution in [3.05, 3.63) is 46.0 Å². The molecule has 0 bridgehead atoms. The first kappa shape index (κ1) is 23.9. The lowest BCUT2D eigenvalue weighted by Gasteiger charge is -2.32. The molecule has 9 heteroatoms. The van der Waals surface area contributed by atoms with Crippen molar-refractivity contribution in [2.24, 2.45) is 0 Å². The highest BCUT2D eigenvalue weighted by atomic mass is 16.5. The molecule has 0 saturated heterocycles. The summed E-state index contributed by atoms with van der Waals surface area (Å²) in [6, 6.07) is 7.38. The van der Waals surface area contributed by atoms with Crippen LogP contribution < -0.4 is 10.3 Å². The van der Waals surface area contributed by atoms with E-state index >= 15 is 0 Å². The van der Waals surface area contributed by atoms with Gasteiger partial charge in [0.1, 0.15) is 5.75 Å². The SMILES string of the molecule is CCOc1ccc2[nH]c(=O)c(CN(CCO)[C@@H](CC)c3nnnn3C(C)(C)CC)cc2c1. The predicted octanol–water partition coefficient (Wildman–Crippen LogP) is 3.00. The molecular weight excluding hydrogens is 408 g/mol. The van der Waals surface area contributed by atoms with Crippen LogP contribution in [-0.4, -0.2) is 55.0 Å². The lowest BCUT2D eigenvalue weighted by atomic mass is 10.0. The van der Waals surface area contributed by atoms with Crippen LogP contribution in [-0.2, 0) is 12.1 Å². The standard InChI is InChI=1S/C23H34N6O3/c1-6-20(21-25-26-27-29(21)23(4,5)7-2)28(11-12-30)15-17-13-16-14-18(32-8-3)9-10-19(16)24-22(17)31/h9-10,13-14,20,30H,6-8,11-12,15H2,1-5H3,(H,24,31)/t20-/m0/s1. The number of nitrogens with one attached hydrogen (secondary N) is 1. The number of tetrazole rings is 1. The van der Waals surface area contributed by atoms with E-state index in [0.717, 1.165) is 35.3 Å². The first-order valence-corrected chi connectivity index (χ1v) is 11.3. The van der Waals surface area contributed by atoms with Gasteiger partial charge in [-0.1, -0.05) is 13.8 Å². The van der Waals surface area contributed by atoms with Crippen molar-refractivity contribution in [3.8, 4) is 5.75 Å². The van der Waals surface area contributed by atoms with Crippen molar-refractivity contribution in [2.45, 2.75) is 65.6 Å². The molecule has 1 aromatic carbocycles. The molecule has 0 fully saturated rings. The van der Waals surface area contributed by atoms with Gasteiger partial charge in [0.2, 0.25) is 0 Å². The molecule has 0 radical (unpaired) electrons. The van der Waals surface area contributed by atoms with E-state index in [1.807, 2.05) is 35.9 Å². The first-order chi connectivity index (χ1) is 15.3. The van der Waals surface area contributed by atoms with E-state index in [4.69, 9.17) is 4.74 Å². The first-order valence-electron chi connectivity index (χ1n) is 11.3. The monoisotopic (exact) mass is 442 g/mol. The molecule has 0 aliphatic heterocycles. The van der Waals surface area contributed by atoms with E-state index in [1.165, 1.54) is 0 Å². The quantitative estimate of drug-likeness (QED) is 0.470. The molecule has 0 aliphatic carbocycles. The average molecular weight is 443 g/mol. The van der Waals surface area contributed by atoms with Crippen LogP contribution in [0.2, 0.25) is 0 Å². The number of hydrogen-bond acceptors (Lipinski definition) is 7. The Kier molecular flexibility index (Phi) is 7.63. The van der Waals surface area contributed by atoms with Gasteiger partial charge in [0.15, 0.2) is 5.82 Å². The lowest BCUT2D eigenvalue weighted by molar-refractivity contribution is 0.125. The minimum Gasteiger partial charge on any atom is -0.494 e. The van der Waals surface area contributed by atoms with Crippen LogP contribution in [0.5, 0.6) is 5.75 Å². The molecule has 3 aromatic rings. The number of fused-ring (bicyclic) bond motifs is 1. The number of aromatic amines is 1. The Morgan fingerprint density at radius 1 is 1.25 bits per heavy atom. The Balaban J connectivity index is 1.98. The van der Waals surface area contributed by atoms with Crippen LogP contribution in [0.1, 0.15) is 64.9 Å². The highest BCUT2D eigenvalue weighted by molar-refractivity contribution is 5.80. The summed E-state index contributed by atoms with van der Waals surface area (Å²) in [7, 11) is 0. The third kappa shape index (κ3) is 4.99. The Morgan fingerprint density at radius 3 is 2.69 bits per heavy atom. The summed E-state index contributed by atoms with van der Waals surface area (Å²) in [4.78, 5) is 17.9. The van der Waals surface area contributed by atoms with Gasteiger partial charge in [-0.25, -0.2) is 4.68 Å². The van der Waals surface area contributed by atoms with Crippen LogP contribution in [0.25, 0.3) is 10.9 Å². The number of aromatic nitrogens is 5. The molecule has 0 spiro atoms. The molecule has 9 nitrogen and oxygen atoms in total. The number of benzene rings is 1. The number of H-pyrrole nitrogens is 1. The molecule has 2 aromatic heterocycles. The maximum absolute atomic E-state index is 12.8. The lowest BCUT2D eigenvalue weighted by Crippen LogP contribution is -2.37. The van der Waals surface area contributed by atoms with Crippen LogP contribution in [0.3, 0.4) is 0 Å². The fraction of sp³-hybridized carbons (Fsp3) is 0.565. The summed E-state index contributed by atoms with van der Waals surface area (Å²) in [5.41, 5.74) is 0.990. The normalized spacial score (nSPS) is 13.1. The number of nitrogens with zero attached hydrogens (tertiary/aromatic N) is 5. The van der Waals surface area contributed by atoms with Gasteiger partial charge in [-0.3, -0.25) is 9.69 Å². The second-order valence-corrected chi connectivity index (χ2v) is 8.54. The summed E-state index contributed by atoms with van der Waals surface area (Å²) in [6.45, 7) is 11.6. The highest BCUT2D eigenvalue weighted by Crippen LogP contribution is 2.29. The molecule has 0 unspecified atom stereocenters. The van der Waals surface area contributed by atoms with Crippen molar-refractivity contribution in [1.82, 2.24) is 30.1 Å². The van der Waals surface area contributed by atoms with Crippen molar-refractivity contribution >= 4 is 10.9 Å². The Hall–Kier alpha value is -2.78. The number of rotatable bonds is 11. The number of hydrogen-bond donors (Lipinski definition) is 2. The second-order valence-electron chi connectivity index (χ2n) is 8.54. The predicted molar refractivity (Wildman–Crippen MR) is 124 cm³/mol. The van der Waals surface area contributed by atoms with Gasteiger partial charge in [0, 0.05) is 29.6 Å². The fourth-order valence-corrected chi connectivity index (χ4v) is 3.88. The van der Waals surface area contributed by atoms with E-state index < -0.39 is 0 Å². The van der Waals surface area contributed by atoms with Gasteiger partial charge in [0.25, 0.3) is 5.56 Å². The molecular formula is C23H34N6O3. The van der Waals surface area contributed by atoms with Gasteiger partial charge in [-0.05, 0) is 68.3 Å². The Bertz CT molecular complexity index is 1090. The number of aliphatic hydroxyl groups is 1. The molecule has 174 valence electrons. The molecule has 0 aliphatic rings. The van der Waals surface area contributed by atoms with Crippen LogP contribution in [0.15, 0.2) is 29.1 Å². The van der Waals surface area contributed by atoms with Crippen LogP contribution >= 0.6 is 0 Å². The van der Waals surface area contributed by atoms with Gasteiger partial charge >= 0.3 is 0 Å². The summed E-state index contributed by atoms with van der Waals surface area (Å²) in [5, 5.41) is 23.2. The van der Waals surface area contributed by atoms with Gasteiger partial charge < -0.3 is 14.8 Å². The molecule has 32 heavy (non-hydrogen) atoms. The summed E-state index contributed by atoms with van der Waals surface area (Å²) in [5.74, 6) is 1.50. The maximum atomic E-state index is 12.8. The van der Waals surface area contributed by atoms with Crippen molar-refractivity contribution < 1.29 is 9.84 Å². The molecule has 0 saturated carbocycles. The molecule has 3 rings (SSSR count). The zero-order valence-corrected chi connectivity index (χ0v) is 19.6.